The van der Waals surface area contributed by atoms with Crippen molar-refractivity contribution in [1.29, 1.82) is 0 Å². The van der Waals surface area contributed by atoms with Gasteiger partial charge in [-0.2, -0.15) is 0 Å². The van der Waals surface area contributed by atoms with Crippen molar-refractivity contribution in [1.82, 2.24) is 15.6 Å². The number of benzene rings is 1. The number of para-hydroxylation sites is 1. The Hall–Kier alpha value is -2.56. The Morgan fingerprint density at radius 2 is 1.86 bits per heavy atom. The van der Waals surface area contributed by atoms with Crippen molar-refractivity contribution in [3.63, 3.8) is 0 Å². The molecule has 0 radical (unpaired) electrons. The summed E-state index contributed by atoms with van der Waals surface area (Å²) >= 11 is 0. The number of ether oxygens (including phenoxy) is 1. The Bertz CT molecular complexity index is 629. The molecule has 0 saturated carbocycles. The number of nitrogens with zero attached hydrogens (tertiary/aromatic N) is 1. The van der Waals surface area contributed by atoms with E-state index in [0.717, 1.165) is 22.7 Å². The van der Waals surface area contributed by atoms with Gasteiger partial charge in [0.25, 0.3) is 0 Å². The topological polar surface area (TPSA) is 63.2 Å². The standard InChI is InChI=1S/C17H21N3O2/c1-3-22-16-10-5-4-8-14(16)11-18-17(21)19-12-15-9-6-7-13(2)20-15/h4-10H,3,11-12H2,1-2H3,(H2,18,19,21). The van der Waals surface area contributed by atoms with E-state index in [1.54, 1.807) is 0 Å². The van der Waals surface area contributed by atoms with Crippen molar-refractivity contribution in [2.75, 3.05) is 6.61 Å². The number of hydrogen-bond donors (Lipinski definition) is 2. The molecule has 1 aromatic carbocycles. The summed E-state index contributed by atoms with van der Waals surface area (Å²) in [5.74, 6) is 0.797. The third kappa shape index (κ3) is 4.77. The van der Waals surface area contributed by atoms with Gasteiger partial charge in [-0.25, -0.2) is 4.79 Å². The third-order valence-electron chi connectivity index (χ3n) is 3.09. The fraction of sp³-hybridized carbons (Fsp3) is 0.294. The summed E-state index contributed by atoms with van der Waals surface area (Å²) in [6.45, 7) is 5.28. The number of amides is 2. The molecule has 5 nitrogen and oxygen atoms in total. The Balaban J connectivity index is 1.83. The van der Waals surface area contributed by atoms with E-state index in [0.29, 0.717) is 19.7 Å². The quantitative estimate of drug-likeness (QED) is 0.862. The molecule has 0 atom stereocenters. The van der Waals surface area contributed by atoms with Gasteiger partial charge < -0.3 is 15.4 Å². The van der Waals surface area contributed by atoms with Crippen molar-refractivity contribution >= 4 is 6.03 Å². The van der Waals surface area contributed by atoms with Gasteiger partial charge >= 0.3 is 6.03 Å². The minimum absolute atomic E-state index is 0.227. The molecular weight excluding hydrogens is 278 g/mol. The maximum atomic E-state index is 11.9. The van der Waals surface area contributed by atoms with Crippen LogP contribution >= 0.6 is 0 Å². The average Bonchev–Trinajstić information content (AvgIpc) is 2.52. The van der Waals surface area contributed by atoms with E-state index in [4.69, 9.17) is 4.74 Å². The largest absolute Gasteiger partial charge is 0.494 e. The second-order valence-electron chi connectivity index (χ2n) is 4.85. The monoisotopic (exact) mass is 299 g/mol. The van der Waals surface area contributed by atoms with Gasteiger partial charge in [0.2, 0.25) is 0 Å². The summed E-state index contributed by atoms with van der Waals surface area (Å²) in [6, 6.07) is 13.2. The van der Waals surface area contributed by atoms with Crippen LogP contribution in [-0.4, -0.2) is 17.6 Å². The van der Waals surface area contributed by atoms with Crippen LogP contribution in [0.4, 0.5) is 4.79 Å². The molecule has 2 aromatic rings. The van der Waals surface area contributed by atoms with E-state index in [-0.39, 0.29) is 6.03 Å². The average molecular weight is 299 g/mol. The third-order valence-corrected chi connectivity index (χ3v) is 3.09. The lowest BCUT2D eigenvalue weighted by molar-refractivity contribution is 0.239. The predicted octanol–water partition coefficient (Wildman–Crippen LogP) is 2.79. The molecule has 22 heavy (non-hydrogen) atoms. The van der Waals surface area contributed by atoms with Crippen LogP contribution in [0.15, 0.2) is 42.5 Å². The van der Waals surface area contributed by atoms with Crippen molar-refractivity contribution in [3.8, 4) is 5.75 Å². The Morgan fingerprint density at radius 3 is 2.64 bits per heavy atom. The molecule has 116 valence electrons. The van der Waals surface area contributed by atoms with Crippen LogP contribution in [0.1, 0.15) is 23.9 Å². The number of nitrogens with one attached hydrogen (secondary N) is 2. The van der Waals surface area contributed by atoms with E-state index in [9.17, 15) is 4.79 Å². The van der Waals surface area contributed by atoms with Crippen molar-refractivity contribution in [3.05, 3.63) is 59.4 Å². The zero-order chi connectivity index (χ0) is 15.8. The molecule has 0 fully saturated rings. The summed E-state index contributed by atoms with van der Waals surface area (Å²) in [4.78, 5) is 16.2. The second kappa shape index (κ2) is 8.02. The van der Waals surface area contributed by atoms with Crippen LogP contribution < -0.4 is 15.4 Å². The summed E-state index contributed by atoms with van der Waals surface area (Å²) in [6.07, 6.45) is 0. The smallest absolute Gasteiger partial charge is 0.315 e. The first-order valence-electron chi connectivity index (χ1n) is 7.34. The van der Waals surface area contributed by atoms with Crippen molar-refractivity contribution in [2.45, 2.75) is 26.9 Å². The highest BCUT2D eigenvalue weighted by atomic mass is 16.5. The normalized spacial score (nSPS) is 10.1. The van der Waals surface area contributed by atoms with Gasteiger partial charge in [0.1, 0.15) is 5.75 Å². The van der Waals surface area contributed by atoms with E-state index < -0.39 is 0 Å². The molecule has 0 aliphatic carbocycles. The first-order chi connectivity index (χ1) is 10.7. The molecule has 0 aliphatic rings. The lowest BCUT2D eigenvalue weighted by atomic mass is 10.2. The van der Waals surface area contributed by atoms with Crippen LogP contribution in [-0.2, 0) is 13.1 Å². The zero-order valence-corrected chi connectivity index (χ0v) is 12.9. The first kappa shape index (κ1) is 15.8. The van der Waals surface area contributed by atoms with Gasteiger partial charge in [-0.15, -0.1) is 0 Å². The number of pyridine rings is 1. The lowest BCUT2D eigenvalue weighted by Crippen LogP contribution is -2.34. The second-order valence-corrected chi connectivity index (χ2v) is 4.85. The predicted molar refractivity (Wildman–Crippen MR) is 85.7 cm³/mol. The van der Waals surface area contributed by atoms with Gasteiger partial charge in [0, 0.05) is 17.8 Å². The van der Waals surface area contributed by atoms with Gasteiger partial charge in [0.15, 0.2) is 0 Å². The molecule has 2 N–H and O–H groups in total. The number of aryl methyl sites for hydroxylation is 1. The molecule has 0 bridgehead atoms. The van der Waals surface area contributed by atoms with Crippen LogP contribution in [0.2, 0.25) is 0 Å². The SMILES string of the molecule is CCOc1ccccc1CNC(=O)NCc1cccc(C)n1. The molecule has 5 heteroatoms. The minimum Gasteiger partial charge on any atom is -0.494 e. The molecule has 1 aromatic heterocycles. The molecule has 2 rings (SSSR count). The van der Waals surface area contributed by atoms with E-state index in [1.807, 2.05) is 56.3 Å². The van der Waals surface area contributed by atoms with Crippen molar-refractivity contribution < 1.29 is 9.53 Å². The maximum absolute atomic E-state index is 11.9. The summed E-state index contributed by atoms with van der Waals surface area (Å²) < 4.78 is 5.53. The number of carbonyl (C=O) groups excluding carboxylic acids is 1. The fourth-order valence-electron chi connectivity index (χ4n) is 2.05. The Labute approximate surface area is 130 Å². The van der Waals surface area contributed by atoms with E-state index >= 15 is 0 Å². The summed E-state index contributed by atoms with van der Waals surface area (Å²) in [5.41, 5.74) is 2.73. The molecule has 0 unspecified atom stereocenters. The van der Waals surface area contributed by atoms with Gasteiger partial charge in [-0.1, -0.05) is 24.3 Å². The van der Waals surface area contributed by atoms with Crippen LogP contribution in [0.25, 0.3) is 0 Å². The lowest BCUT2D eigenvalue weighted by Gasteiger charge is -2.11. The Morgan fingerprint density at radius 1 is 1.09 bits per heavy atom. The minimum atomic E-state index is -0.227. The molecule has 1 heterocycles. The van der Waals surface area contributed by atoms with E-state index in [2.05, 4.69) is 15.6 Å². The summed E-state index contributed by atoms with van der Waals surface area (Å²) in [5, 5.41) is 5.62. The number of rotatable bonds is 6. The number of hydrogen-bond acceptors (Lipinski definition) is 3. The highest BCUT2D eigenvalue weighted by Crippen LogP contribution is 2.17. The summed E-state index contributed by atoms with van der Waals surface area (Å²) in [7, 11) is 0. The molecule has 2 amide bonds. The number of aromatic nitrogens is 1. The highest BCUT2D eigenvalue weighted by Gasteiger charge is 2.05. The zero-order valence-electron chi connectivity index (χ0n) is 12.9. The van der Waals surface area contributed by atoms with Crippen LogP contribution in [0, 0.1) is 6.92 Å². The van der Waals surface area contributed by atoms with Crippen LogP contribution in [0.3, 0.4) is 0 Å². The van der Waals surface area contributed by atoms with E-state index in [1.165, 1.54) is 0 Å². The number of urea groups is 1. The molecule has 0 aliphatic heterocycles. The van der Waals surface area contributed by atoms with Crippen LogP contribution in [0.5, 0.6) is 5.75 Å². The highest BCUT2D eigenvalue weighted by molar-refractivity contribution is 5.73. The molecular formula is C17H21N3O2. The van der Waals surface area contributed by atoms with Gasteiger partial charge in [-0.3, -0.25) is 4.98 Å². The fourth-order valence-corrected chi connectivity index (χ4v) is 2.05. The van der Waals surface area contributed by atoms with Gasteiger partial charge in [0.05, 0.1) is 18.8 Å². The molecule has 0 spiro atoms. The maximum Gasteiger partial charge on any atom is 0.315 e. The number of carbonyl (C=O) groups is 1. The first-order valence-corrected chi connectivity index (χ1v) is 7.34. The Kier molecular flexibility index (Phi) is 5.77. The van der Waals surface area contributed by atoms with Crippen molar-refractivity contribution in [2.24, 2.45) is 0 Å². The van der Waals surface area contributed by atoms with Gasteiger partial charge in [-0.05, 0) is 32.0 Å². The molecule has 0 saturated heterocycles.